The lowest BCUT2D eigenvalue weighted by Gasteiger charge is -2.14. The summed E-state index contributed by atoms with van der Waals surface area (Å²) >= 11 is 19.8. The maximum Gasteiger partial charge on any atom is 0.262 e. The molecule has 10 heteroatoms. The van der Waals surface area contributed by atoms with Gasteiger partial charge in [-0.25, -0.2) is 0 Å². The fourth-order valence-electron chi connectivity index (χ4n) is 3.85. The van der Waals surface area contributed by atoms with Gasteiger partial charge in [0.2, 0.25) is 0 Å². The van der Waals surface area contributed by atoms with Crippen molar-refractivity contribution in [3.05, 3.63) is 64.5 Å². The molecule has 0 unspecified atom stereocenters. The summed E-state index contributed by atoms with van der Waals surface area (Å²) in [6.07, 6.45) is 5.44. The molecule has 1 N–H and O–H groups in total. The first-order chi connectivity index (χ1) is 15.8. The average Bonchev–Trinajstić information content (AvgIpc) is 3.05. The average molecular weight is 723 g/mol. The third kappa shape index (κ3) is 5.03. The molecule has 0 bridgehead atoms. The first-order valence-electron chi connectivity index (χ1n) is 10.3. The second kappa shape index (κ2) is 10.7. The van der Waals surface area contributed by atoms with E-state index in [0.29, 0.717) is 40.6 Å². The van der Waals surface area contributed by atoms with Crippen molar-refractivity contribution >= 4 is 104 Å². The Kier molecular flexibility index (Phi) is 8.16. The van der Waals surface area contributed by atoms with E-state index in [1.807, 2.05) is 24.3 Å². The lowest BCUT2D eigenvalue weighted by atomic mass is 10.1. The molecule has 1 aromatic heterocycles. The van der Waals surface area contributed by atoms with Crippen LogP contribution in [0.5, 0.6) is 0 Å². The predicted octanol–water partition coefficient (Wildman–Crippen LogP) is 8.21. The molecule has 1 aliphatic rings. The molecule has 5 nitrogen and oxygen atoms in total. The van der Waals surface area contributed by atoms with E-state index < -0.39 is 0 Å². The number of rotatable bonds is 8. The molecule has 2 amide bonds. The summed E-state index contributed by atoms with van der Waals surface area (Å²) in [5.74, 6) is -0.524. The van der Waals surface area contributed by atoms with Gasteiger partial charge in [0.15, 0.2) is 0 Å². The SMILES string of the molecule is O=C1c2c(Br)c(Br)c(Br)c(Br)c2C(=O)N1CCCCCCNc1ccnc2cc(Cl)ccc12. The molecular weight excluding hydrogens is 705 g/mol. The Morgan fingerprint density at radius 3 is 2.15 bits per heavy atom. The smallest absolute Gasteiger partial charge is 0.262 e. The van der Waals surface area contributed by atoms with Gasteiger partial charge in [0.1, 0.15) is 0 Å². The fraction of sp³-hybridized carbons (Fsp3) is 0.261. The number of unbranched alkanes of at least 4 members (excludes halogenated alkanes) is 3. The van der Waals surface area contributed by atoms with Crippen LogP contribution < -0.4 is 5.32 Å². The number of carbonyl (C=O) groups is 2. The quantitative estimate of drug-likeness (QED) is 0.110. The Balaban J connectivity index is 1.27. The second-order valence-corrected chi connectivity index (χ2v) is 11.2. The fourth-order valence-corrected chi connectivity index (χ4v) is 6.47. The summed E-state index contributed by atoms with van der Waals surface area (Å²) in [7, 11) is 0. The van der Waals surface area contributed by atoms with Crippen LogP contribution in [-0.2, 0) is 0 Å². The lowest BCUT2D eigenvalue weighted by Crippen LogP contribution is -2.30. The molecule has 33 heavy (non-hydrogen) atoms. The van der Waals surface area contributed by atoms with Crippen molar-refractivity contribution in [3.63, 3.8) is 0 Å². The zero-order valence-corrected chi connectivity index (χ0v) is 24.3. The highest BCUT2D eigenvalue weighted by atomic mass is 79.9. The third-order valence-electron chi connectivity index (χ3n) is 5.51. The minimum atomic E-state index is -0.262. The third-order valence-corrected chi connectivity index (χ3v) is 10.5. The molecule has 4 rings (SSSR count). The number of halogens is 5. The summed E-state index contributed by atoms with van der Waals surface area (Å²) in [6.45, 7) is 1.24. The second-order valence-electron chi connectivity index (χ2n) is 7.63. The number of carbonyl (C=O) groups excluding carboxylic acids is 2. The van der Waals surface area contributed by atoms with E-state index in [-0.39, 0.29) is 11.8 Å². The summed E-state index contributed by atoms with van der Waals surface area (Å²) < 4.78 is 2.58. The number of fused-ring (bicyclic) bond motifs is 2. The van der Waals surface area contributed by atoms with E-state index in [9.17, 15) is 9.59 Å². The highest BCUT2D eigenvalue weighted by Gasteiger charge is 2.40. The van der Waals surface area contributed by atoms with Crippen molar-refractivity contribution in [1.82, 2.24) is 9.88 Å². The number of anilines is 1. The van der Waals surface area contributed by atoms with Crippen molar-refractivity contribution < 1.29 is 9.59 Å². The Morgan fingerprint density at radius 2 is 1.48 bits per heavy atom. The Labute approximate surface area is 230 Å². The summed E-state index contributed by atoms with van der Waals surface area (Å²) in [4.78, 5) is 31.5. The van der Waals surface area contributed by atoms with Crippen molar-refractivity contribution in [2.45, 2.75) is 25.7 Å². The molecule has 3 aromatic rings. The van der Waals surface area contributed by atoms with Crippen molar-refractivity contribution in [1.29, 1.82) is 0 Å². The van der Waals surface area contributed by atoms with Gasteiger partial charge in [0.05, 0.1) is 16.6 Å². The number of amides is 2. The van der Waals surface area contributed by atoms with Crippen LogP contribution in [0.25, 0.3) is 10.9 Å². The van der Waals surface area contributed by atoms with E-state index >= 15 is 0 Å². The van der Waals surface area contributed by atoms with E-state index in [1.165, 1.54) is 4.90 Å². The molecular formula is C23H18Br4ClN3O2. The highest BCUT2D eigenvalue weighted by Crippen LogP contribution is 2.45. The zero-order valence-electron chi connectivity index (χ0n) is 17.2. The van der Waals surface area contributed by atoms with Gasteiger partial charge in [0, 0.05) is 53.3 Å². The van der Waals surface area contributed by atoms with Crippen molar-refractivity contribution in [2.24, 2.45) is 0 Å². The van der Waals surface area contributed by atoms with Crippen LogP contribution in [0.3, 0.4) is 0 Å². The summed E-state index contributed by atoms with van der Waals surface area (Å²) in [6, 6.07) is 7.66. The number of nitrogens with one attached hydrogen (secondary N) is 1. The number of hydrogen-bond donors (Lipinski definition) is 1. The van der Waals surface area contributed by atoms with Gasteiger partial charge in [-0.2, -0.15) is 0 Å². The highest BCUT2D eigenvalue weighted by molar-refractivity contribution is 9.15. The number of pyridine rings is 1. The number of hydrogen-bond acceptors (Lipinski definition) is 4. The van der Waals surface area contributed by atoms with Crippen molar-refractivity contribution in [3.8, 4) is 0 Å². The molecule has 0 fully saturated rings. The molecule has 0 aliphatic carbocycles. The maximum absolute atomic E-state index is 12.9. The number of nitrogens with zero attached hydrogens (tertiary/aromatic N) is 2. The molecule has 172 valence electrons. The van der Waals surface area contributed by atoms with E-state index in [2.05, 4.69) is 74.0 Å². The van der Waals surface area contributed by atoms with Crippen molar-refractivity contribution in [2.75, 3.05) is 18.4 Å². The minimum absolute atomic E-state index is 0.262. The topological polar surface area (TPSA) is 62.3 Å². The van der Waals surface area contributed by atoms with Crippen LogP contribution in [0.2, 0.25) is 5.02 Å². The van der Waals surface area contributed by atoms with Gasteiger partial charge in [-0.15, -0.1) is 0 Å². The monoisotopic (exact) mass is 719 g/mol. The van der Waals surface area contributed by atoms with Gasteiger partial charge >= 0.3 is 0 Å². The molecule has 0 saturated carbocycles. The first kappa shape index (κ1) is 25.1. The van der Waals surface area contributed by atoms with Gasteiger partial charge in [-0.1, -0.05) is 24.4 Å². The lowest BCUT2D eigenvalue weighted by molar-refractivity contribution is 0.0651. The Bertz CT molecular complexity index is 1220. The minimum Gasteiger partial charge on any atom is -0.384 e. The van der Waals surface area contributed by atoms with Gasteiger partial charge < -0.3 is 5.32 Å². The molecule has 0 spiro atoms. The van der Waals surface area contributed by atoms with E-state index in [0.717, 1.165) is 48.8 Å². The Hall–Kier alpha value is -1.00. The molecule has 0 saturated heterocycles. The first-order valence-corrected chi connectivity index (χ1v) is 13.9. The Morgan fingerprint density at radius 1 is 0.848 bits per heavy atom. The van der Waals surface area contributed by atoms with Crippen LogP contribution in [0.15, 0.2) is 48.4 Å². The van der Waals surface area contributed by atoms with Crippen LogP contribution in [-0.4, -0.2) is 34.8 Å². The number of aromatic nitrogens is 1. The van der Waals surface area contributed by atoms with Gasteiger partial charge in [0.25, 0.3) is 11.8 Å². The normalized spacial score (nSPS) is 13.2. The van der Waals surface area contributed by atoms with Gasteiger partial charge in [-0.05, 0) is 101 Å². The number of imide groups is 1. The van der Waals surface area contributed by atoms with E-state index in [1.54, 1.807) is 6.20 Å². The zero-order chi connectivity index (χ0) is 23.7. The van der Waals surface area contributed by atoms with E-state index in [4.69, 9.17) is 11.6 Å². The van der Waals surface area contributed by atoms with Crippen LogP contribution in [0.1, 0.15) is 46.4 Å². The van der Waals surface area contributed by atoms with Crippen LogP contribution >= 0.6 is 75.3 Å². The summed E-state index contributed by atoms with van der Waals surface area (Å²) in [5.41, 5.74) is 2.70. The van der Waals surface area contributed by atoms with Crippen LogP contribution in [0, 0.1) is 0 Å². The maximum atomic E-state index is 12.9. The van der Waals surface area contributed by atoms with Crippen LogP contribution in [0.4, 0.5) is 5.69 Å². The molecule has 1 aliphatic heterocycles. The largest absolute Gasteiger partial charge is 0.384 e. The molecule has 0 atom stereocenters. The molecule has 0 radical (unpaired) electrons. The number of benzene rings is 2. The predicted molar refractivity (Wildman–Crippen MR) is 146 cm³/mol. The molecule has 2 heterocycles. The van der Waals surface area contributed by atoms with Gasteiger partial charge in [-0.3, -0.25) is 19.5 Å². The molecule has 2 aromatic carbocycles. The standard InChI is InChI=1S/C23H18Br4ClN3O2/c24-18-16-17(19(25)21(27)20(18)26)23(33)31(22(16)32)10-4-2-1-3-8-29-14-7-9-30-15-11-12(28)5-6-13(14)15/h5-7,9,11H,1-4,8,10H2,(H,29,30). The summed E-state index contributed by atoms with van der Waals surface area (Å²) in [5, 5.41) is 5.18.